The largest absolute Gasteiger partial charge is 0.341 e. The summed E-state index contributed by atoms with van der Waals surface area (Å²) < 4.78 is 24.9. The van der Waals surface area contributed by atoms with Crippen LogP contribution in [0.25, 0.3) is 5.65 Å². The second kappa shape index (κ2) is 4.94. The molecule has 0 unspecified atom stereocenters. The van der Waals surface area contributed by atoms with Gasteiger partial charge in [-0.1, -0.05) is 0 Å². The number of sulfonamides is 1. The van der Waals surface area contributed by atoms with Crippen LogP contribution >= 0.6 is 0 Å². The molecule has 3 rings (SSSR count). The first-order chi connectivity index (χ1) is 10.4. The lowest BCUT2D eigenvalue weighted by atomic mass is 10.5. The number of hydrogen-bond donors (Lipinski definition) is 1. The number of aromatic nitrogens is 3. The molecule has 1 aliphatic rings. The molecule has 0 radical (unpaired) electrons. The van der Waals surface area contributed by atoms with E-state index in [2.05, 4.69) is 15.4 Å². The van der Waals surface area contributed by atoms with Crippen molar-refractivity contribution in [3.63, 3.8) is 0 Å². The van der Waals surface area contributed by atoms with Gasteiger partial charge in [-0.15, -0.1) is 0 Å². The summed E-state index contributed by atoms with van der Waals surface area (Å²) in [6.45, 7) is -0.0588. The quantitative estimate of drug-likeness (QED) is 0.828. The van der Waals surface area contributed by atoms with Crippen molar-refractivity contribution in [2.75, 3.05) is 24.7 Å². The average Bonchev–Trinajstić information content (AvgIpc) is 3.03. The van der Waals surface area contributed by atoms with E-state index in [-0.39, 0.29) is 13.1 Å². The summed E-state index contributed by atoms with van der Waals surface area (Å²) in [7, 11) is -3.68. The van der Waals surface area contributed by atoms with Gasteiger partial charge in [0.2, 0.25) is 10.0 Å². The molecule has 1 fully saturated rings. The SMILES string of the molecule is CS(=O)(=O)N1CCN(C(=O)Nc2cnc3ccnn3c2)C1=O. The number of carbonyl (C=O) groups excluding carboxylic acids is 2. The highest BCUT2D eigenvalue weighted by Gasteiger charge is 2.38. The molecule has 0 aromatic carbocycles. The van der Waals surface area contributed by atoms with Gasteiger partial charge in [0.05, 0.1) is 43.6 Å². The van der Waals surface area contributed by atoms with Crippen LogP contribution in [0.1, 0.15) is 0 Å². The maximum atomic E-state index is 12.1. The maximum Gasteiger partial charge on any atom is 0.341 e. The van der Waals surface area contributed by atoms with Crippen molar-refractivity contribution in [1.82, 2.24) is 23.8 Å². The molecule has 1 saturated heterocycles. The van der Waals surface area contributed by atoms with Crippen molar-refractivity contribution in [3.05, 3.63) is 24.7 Å². The maximum absolute atomic E-state index is 12.1. The van der Waals surface area contributed by atoms with Crippen LogP contribution in [0.3, 0.4) is 0 Å². The molecular formula is C11H12N6O4S. The van der Waals surface area contributed by atoms with E-state index >= 15 is 0 Å². The zero-order valence-corrected chi connectivity index (χ0v) is 12.3. The third-order valence-corrected chi connectivity index (χ3v) is 4.25. The van der Waals surface area contributed by atoms with Crippen LogP contribution in [-0.4, -0.2) is 63.6 Å². The van der Waals surface area contributed by atoms with Gasteiger partial charge in [0.25, 0.3) is 0 Å². The fourth-order valence-corrected chi connectivity index (χ4v) is 2.87. The summed E-state index contributed by atoms with van der Waals surface area (Å²) in [4.78, 5) is 28.9. The van der Waals surface area contributed by atoms with Gasteiger partial charge in [0, 0.05) is 6.07 Å². The third kappa shape index (κ3) is 2.45. The fraction of sp³-hybridized carbons (Fsp3) is 0.273. The molecule has 2 aromatic rings. The number of rotatable bonds is 2. The highest BCUT2D eigenvalue weighted by molar-refractivity contribution is 7.88. The topological polar surface area (TPSA) is 117 Å². The molecule has 0 aliphatic carbocycles. The number of fused-ring (bicyclic) bond motifs is 1. The lowest BCUT2D eigenvalue weighted by molar-refractivity contribution is 0.201. The van der Waals surface area contributed by atoms with Gasteiger partial charge in [0.15, 0.2) is 5.65 Å². The Bertz CT molecular complexity index is 860. The molecule has 3 heterocycles. The lowest BCUT2D eigenvalue weighted by Crippen LogP contribution is -2.40. The van der Waals surface area contributed by atoms with Crippen molar-refractivity contribution in [1.29, 1.82) is 0 Å². The summed E-state index contributed by atoms with van der Waals surface area (Å²) in [5, 5.41) is 6.47. The van der Waals surface area contributed by atoms with Gasteiger partial charge < -0.3 is 5.32 Å². The lowest BCUT2D eigenvalue weighted by Gasteiger charge is -2.16. The summed E-state index contributed by atoms with van der Waals surface area (Å²) in [5.74, 6) is 0. The van der Waals surface area contributed by atoms with Gasteiger partial charge in [-0.05, 0) is 0 Å². The van der Waals surface area contributed by atoms with Crippen LogP contribution in [0.2, 0.25) is 0 Å². The first-order valence-electron chi connectivity index (χ1n) is 6.26. The Balaban J connectivity index is 1.76. The standard InChI is InChI=1S/C11H12N6O4S/c1-22(20,21)17-5-4-15(11(17)19)10(18)14-8-6-12-9-2-3-13-16(9)7-8/h2-3,6-7H,4-5H2,1H3,(H,14,18). The number of amides is 4. The van der Waals surface area contributed by atoms with Crippen molar-refractivity contribution in [2.24, 2.45) is 0 Å². The molecule has 2 aromatic heterocycles. The van der Waals surface area contributed by atoms with Gasteiger partial charge in [-0.3, -0.25) is 0 Å². The van der Waals surface area contributed by atoms with Crippen LogP contribution in [0.15, 0.2) is 24.7 Å². The van der Waals surface area contributed by atoms with Gasteiger partial charge in [-0.2, -0.15) is 5.10 Å². The molecule has 1 N–H and O–H groups in total. The number of urea groups is 2. The number of nitrogens with one attached hydrogen (secondary N) is 1. The first-order valence-corrected chi connectivity index (χ1v) is 8.11. The Hall–Kier alpha value is -2.69. The monoisotopic (exact) mass is 324 g/mol. The highest BCUT2D eigenvalue weighted by Crippen LogP contribution is 2.15. The summed E-state index contributed by atoms with van der Waals surface area (Å²) in [6, 6.07) is 0.108. The molecule has 11 heteroatoms. The van der Waals surface area contributed by atoms with E-state index in [4.69, 9.17) is 0 Å². The number of anilines is 1. The molecular weight excluding hydrogens is 312 g/mol. The first kappa shape index (κ1) is 14.3. The molecule has 0 spiro atoms. The zero-order valence-electron chi connectivity index (χ0n) is 11.5. The normalized spacial score (nSPS) is 15.6. The minimum Gasteiger partial charge on any atom is -0.305 e. The van der Waals surface area contributed by atoms with E-state index in [9.17, 15) is 18.0 Å². The average molecular weight is 324 g/mol. The van der Waals surface area contributed by atoms with Crippen LogP contribution in [0.5, 0.6) is 0 Å². The Morgan fingerprint density at radius 1 is 1.36 bits per heavy atom. The van der Waals surface area contributed by atoms with Gasteiger partial charge in [0.1, 0.15) is 0 Å². The Morgan fingerprint density at radius 2 is 2.14 bits per heavy atom. The second-order valence-corrected chi connectivity index (χ2v) is 6.58. The van der Waals surface area contributed by atoms with Crippen LogP contribution in [0.4, 0.5) is 15.3 Å². The fourth-order valence-electron chi connectivity index (χ4n) is 2.08. The van der Waals surface area contributed by atoms with E-state index in [0.717, 1.165) is 11.2 Å². The Kier molecular flexibility index (Phi) is 3.20. The Morgan fingerprint density at radius 3 is 2.82 bits per heavy atom. The van der Waals surface area contributed by atoms with Gasteiger partial charge >= 0.3 is 12.1 Å². The number of imide groups is 1. The van der Waals surface area contributed by atoms with E-state index in [1.54, 1.807) is 12.3 Å². The molecule has 0 saturated carbocycles. The zero-order chi connectivity index (χ0) is 15.9. The predicted molar refractivity (Wildman–Crippen MR) is 75.7 cm³/mol. The predicted octanol–water partition coefficient (Wildman–Crippen LogP) is -0.0416. The smallest absolute Gasteiger partial charge is 0.305 e. The molecule has 116 valence electrons. The van der Waals surface area contributed by atoms with E-state index < -0.39 is 22.1 Å². The summed E-state index contributed by atoms with van der Waals surface area (Å²) >= 11 is 0. The van der Waals surface area contributed by atoms with E-state index in [0.29, 0.717) is 15.6 Å². The minimum atomic E-state index is -3.68. The summed E-state index contributed by atoms with van der Waals surface area (Å²) in [5.41, 5.74) is 0.949. The summed E-state index contributed by atoms with van der Waals surface area (Å²) in [6.07, 6.45) is 5.43. The van der Waals surface area contributed by atoms with Crippen molar-refractivity contribution < 1.29 is 18.0 Å². The van der Waals surface area contributed by atoms with E-state index in [1.165, 1.54) is 16.9 Å². The van der Waals surface area contributed by atoms with Crippen molar-refractivity contribution in [3.8, 4) is 0 Å². The van der Waals surface area contributed by atoms with Crippen molar-refractivity contribution in [2.45, 2.75) is 0 Å². The molecule has 10 nitrogen and oxygen atoms in total. The molecule has 0 atom stereocenters. The Labute approximate surface area is 125 Å². The minimum absolute atomic E-state index is 0.00478. The number of nitrogens with zero attached hydrogens (tertiary/aromatic N) is 5. The van der Waals surface area contributed by atoms with E-state index in [1.807, 2.05) is 0 Å². The molecule has 22 heavy (non-hydrogen) atoms. The van der Waals surface area contributed by atoms with Crippen LogP contribution in [0, 0.1) is 0 Å². The highest BCUT2D eigenvalue weighted by atomic mass is 32.2. The molecule has 4 amide bonds. The van der Waals surface area contributed by atoms with Gasteiger partial charge in [-0.25, -0.2) is 36.7 Å². The molecule has 1 aliphatic heterocycles. The number of carbonyl (C=O) groups is 2. The van der Waals surface area contributed by atoms with Crippen molar-refractivity contribution >= 4 is 33.4 Å². The van der Waals surface area contributed by atoms with Crippen LogP contribution < -0.4 is 5.32 Å². The van der Waals surface area contributed by atoms with Crippen LogP contribution in [-0.2, 0) is 10.0 Å². The molecule has 0 bridgehead atoms. The number of hydrogen-bond acceptors (Lipinski definition) is 6. The second-order valence-electron chi connectivity index (χ2n) is 4.68. The third-order valence-electron chi connectivity index (χ3n) is 3.11.